The monoisotopic (exact) mass is 339 g/mol. The average Bonchev–Trinajstić information content (AvgIpc) is 3.19. The fourth-order valence-corrected chi connectivity index (χ4v) is 5.88. The molecule has 4 nitrogen and oxygen atoms in total. The van der Waals surface area contributed by atoms with Gasteiger partial charge in [0.15, 0.2) is 5.96 Å². The van der Waals surface area contributed by atoms with Crippen molar-refractivity contribution in [1.82, 2.24) is 10.6 Å². The Labute approximate surface area is 150 Å². The standard InChI is InChI=1S/C21H29N3O/c1-22-20(23-13-15-8-7-14-5-2-3-6-16(14)15)24-18-17-9-12-25-19(17)21(18)10-4-11-21/h2-3,5-6,15,17-19H,4,7-13H2,1H3,(H2,22,23,24). The Morgan fingerprint density at radius 3 is 2.96 bits per heavy atom. The molecule has 0 amide bonds. The summed E-state index contributed by atoms with van der Waals surface area (Å²) in [6.45, 7) is 1.92. The van der Waals surface area contributed by atoms with Gasteiger partial charge in [-0.3, -0.25) is 4.99 Å². The number of hydrogen-bond donors (Lipinski definition) is 2. The SMILES string of the molecule is CN=C(NCC1CCc2ccccc21)NC1C2CCOC2C12CCC2. The summed E-state index contributed by atoms with van der Waals surface area (Å²) < 4.78 is 6.04. The number of nitrogens with one attached hydrogen (secondary N) is 2. The summed E-state index contributed by atoms with van der Waals surface area (Å²) in [5.74, 6) is 2.27. The number of hydrogen-bond acceptors (Lipinski definition) is 2. The number of aryl methyl sites for hydroxylation is 1. The van der Waals surface area contributed by atoms with Crippen molar-refractivity contribution in [2.75, 3.05) is 20.2 Å². The zero-order valence-electron chi connectivity index (χ0n) is 15.1. The van der Waals surface area contributed by atoms with E-state index in [1.165, 1.54) is 49.7 Å². The highest BCUT2D eigenvalue weighted by Crippen LogP contribution is 2.62. The second kappa shape index (κ2) is 6.01. The van der Waals surface area contributed by atoms with Crippen molar-refractivity contribution in [3.8, 4) is 0 Å². The van der Waals surface area contributed by atoms with Crippen molar-refractivity contribution < 1.29 is 4.74 Å². The van der Waals surface area contributed by atoms with E-state index in [1.807, 2.05) is 7.05 Å². The first kappa shape index (κ1) is 15.7. The Morgan fingerprint density at radius 1 is 1.28 bits per heavy atom. The molecule has 1 spiro atoms. The molecule has 2 saturated carbocycles. The molecule has 4 heteroatoms. The van der Waals surface area contributed by atoms with Crippen LogP contribution in [0.5, 0.6) is 0 Å². The van der Waals surface area contributed by atoms with E-state index in [0.717, 1.165) is 19.1 Å². The van der Waals surface area contributed by atoms with Crippen molar-refractivity contribution >= 4 is 5.96 Å². The maximum Gasteiger partial charge on any atom is 0.191 e. The highest BCUT2D eigenvalue weighted by atomic mass is 16.5. The van der Waals surface area contributed by atoms with Gasteiger partial charge >= 0.3 is 0 Å². The quantitative estimate of drug-likeness (QED) is 0.657. The lowest BCUT2D eigenvalue weighted by atomic mass is 9.46. The van der Waals surface area contributed by atoms with Gasteiger partial charge in [0.2, 0.25) is 0 Å². The zero-order chi connectivity index (χ0) is 16.9. The molecular weight excluding hydrogens is 310 g/mol. The Morgan fingerprint density at radius 2 is 2.16 bits per heavy atom. The van der Waals surface area contributed by atoms with Gasteiger partial charge in [0.1, 0.15) is 0 Å². The molecule has 1 aromatic carbocycles. The molecule has 2 N–H and O–H groups in total. The number of ether oxygens (including phenoxy) is 1. The minimum absolute atomic E-state index is 0.402. The third kappa shape index (κ3) is 2.33. The average molecular weight is 339 g/mol. The van der Waals surface area contributed by atoms with Crippen LogP contribution in [0.2, 0.25) is 0 Å². The summed E-state index contributed by atoms with van der Waals surface area (Å²) >= 11 is 0. The van der Waals surface area contributed by atoms with Crippen LogP contribution >= 0.6 is 0 Å². The van der Waals surface area contributed by atoms with E-state index < -0.39 is 0 Å². The predicted molar refractivity (Wildman–Crippen MR) is 99.9 cm³/mol. The second-order valence-electron chi connectivity index (χ2n) is 8.34. The molecule has 134 valence electrons. The Kier molecular flexibility index (Phi) is 3.77. The number of aliphatic imine (C=N–C) groups is 1. The third-order valence-corrected chi connectivity index (χ3v) is 7.32. The van der Waals surface area contributed by atoms with Gasteiger partial charge in [-0.15, -0.1) is 0 Å². The maximum atomic E-state index is 6.04. The normalized spacial score (nSPS) is 34.8. The summed E-state index contributed by atoms with van der Waals surface area (Å²) in [5.41, 5.74) is 3.45. The first-order valence-corrected chi connectivity index (χ1v) is 9.98. The topological polar surface area (TPSA) is 45.7 Å². The largest absolute Gasteiger partial charge is 0.377 e. The molecule has 1 saturated heterocycles. The number of fused-ring (bicyclic) bond motifs is 3. The molecule has 0 bridgehead atoms. The van der Waals surface area contributed by atoms with Crippen molar-refractivity contribution in [2.45, 2.75) is 56.6 Å². The van der Waals surface area contributed by atoms with Gasteiger partial charge in [-0.05, 0) is 43.2 Å². The summed E-state index contributed by atoms with van der Waals surface area (Å²) in [7, 11) is 1.90. The fraction of sp³-hybridized carbons (Fsp3) is 0.667. The molecule has 4 unspecified atom stereocenters. The van der Waals surface area contributed by atoms with Crippen LogP contribution in [-0.2, 0) is 11.2 Å². The predicted octanol–water partition coefficient (Wildman–Crippen LogP) is 2.84. The van der Waals surface area contributed by atoms with E-state index in [2.05, 4.69) is 39.9 Å². The van der Waals surface area contributed by atoms with Gasteiger partial charge in [-0.2, -0.15) is 0 Å². The summed E-state index contributed by atoms with van der Waals surface area (Å²) in [6, 6.07) is 9.44. The van der Waals surface area contributed by atoms with Crippen molar-refractivity contribution in [2.24, 2.45) is 16.3 Å². The molecule has 1 aromatic rings. The lowest BCUT2D eigenvalue weighted by molar-refractivity contribution is -0.171. The lowest BCUT2D eigenvalue weighted by Gasteiger charge is -2.63. The molecule has 5 rings (SSSR count). The van der Waals surface area contributed by atoms with Gasteiger partial charge in [0.25, 0.3) is 0 Å². The third-order valence-electron chi connectivity index (χ3n) is 7.32. The number of rotatable bonds is 3. The van der Waals surface area contributed by atoms with Crippen LogP contribution in [0.3, 0.4) is 0 Å². The van der Waals surface area contributed by atoms with E-state index in [-0.39, 0.29) is 0 Å². The van der Waals surface area contributed by atoms with Gasteiger partial charge in [0.05, 0.1) is 6.10 Å². The van der Waals surface area contributed by atoms with Crippen LogP contribution in [0.15, 0.2) is 29.3 Å². The highest BCUT2D eigenvalue weighted by molar-refractivity contribution is 5.80. The Balaban J connectivity index is 1.22. The van der Waals surface area contributed by atoms with Crippen molar-refractivity contribution in [3.05, 3.63) is 35.4 Å². The molecule has 3 aliphatic carbocycles. The number of benzene rings is 1. The molecule has 4 atom stereocenters. The van der Waals surface area contributed by atoms with E-state index in [9.17, 15) is 0 Å². The van der Waals surface area contributed by atoms with Gasteiger partial charge in [-0.25, -0.2) is 0 Å². The minimum Gasteiger partial charge on any atom is -0.377 e. The highest BCUT2D eigenvalue weighted by Gasteiger charge is 2.66. The smallest absolute Gasteiger partial charge is 0.191 e. The minimum atomic E-state index is 0.402. The second-order valence-corrected chi connectivity index (χ2v) is 8.34. The maximum absolute atomic E-state index is 6.04. The van der Waals surface area contributed by atoms with Crippen molar-refractivity contribution in [3.63, 3.8) is 0 Å². The molecule has 25 heavy (non-hydrogen) atoms. The van der Waals surface area contributed by atoms with E-state index in [0.29, 0.717) is 29.4 Å². The Hall–Kier alpha value is -1.55. The zero-order valence-corrected chi connectivity index (χ0v) is 15.1. The Bertz CT molecular complexity index is 681. The van der Waals surface area contributed by atoms with E-state index in [1.54, 1.807) is 0 Å². The van der Waals surface area contributed by atoms with Crippen molar-refractivity contribution in [1.29, 1.82) is 0 Å². The number of guanidine groups is 1. The van der Waals surface area contributed by atoms with Crippen LogP contribution in [0.25, 0.3) is 0 Å². The molecule has 1 aliphatic heterocycles. The van der Waals surface area contributed by atoms with E-state index >= 15 is 0 Å². The molecular formula is C21H29N3O. The summed E-state index contributed by atoms with van der Waals surface area (Å²) in [6.07, 6.45) is 8.17. The number of nitrogens with zero attached hydrogens (tertiary/aromatic N) is 1. The fourth-order valence-electron chi connectivity index (χ4n) is 5.88. The van der Waals surface area contributed by atoms with E-state index in [4.69, 9.17) is 4.74 Å². The van der Waals surface area contributed by atoms with Crippen LogP contribution in [0.4, 0.5) is 0 Å². The van der Waals surface area contributed by atoms with Crippen LogP contribution in [0.1, 0.15) is 49.1 Å². The van der Waals surface area contributed by atoms with Crippen LogP contribution < -0.4 is 10.6 Å². The summed E-state index contributed by atoms with van der Waals surface area (Å²) in [4.78, 5) is 4.52. The molecule has 0 aromatic heterocycles. The molecule has 0 radical (unpaired) electrons. The van der Waals surface area contributed by atoms with Crippen LogP contribution in [-0.4, -0.2) is 38.3 Å². The molecule has 1 heterocycles. The van der Waals surface area contributed by atoms with Gasteiger partial charge < -0.3 is 15.4 Å². The van der Waals surface area contributed by atoms with Gasteiger partial charge in [0, 0.05) is 43.5 Å². The first-order valence-electron chi connectivity index (χ1n) is 9.98. The summed E-state index contributed by atoms with van der Waals surface area (Å²) in [5, 5.41) is 7.39. The lowest BCUT2D eigenvalue weighted by Crippen LogP contribution is -2.72. The van der Waals surface area contributed by atoms with Gasteiger partial charge in [-0.1, -0.05) is 30.7 Å². The molecule has 3 fully saturated rings. The first-order chi connectivity index (χ1) is 12.3. The van der Waals surface area contributed by atoms with Crippen LogP contribution in [0, 0.1) is 11.3 Å². The molecule has 4 aliphatic rings.